The predicted molar refractivity (Wildman–Crippen MR) is 56.2 cm³/mol. The molecule has 0 radical (unpaired) electrons. The summed E-state index contributed by atoms with van der Waals surface area (Å²) in [5, 5.41) is 0. The number of rotatable bonds is 2. The average Bonchev–Trinajstić information content (AvgIpc) is 1.55. The second kappa shape index (κ2) is 3.48. The summed E-state index contributed by atoms with van der Waals surface area (Å²) < 4.78 is 0. The first kappa shape index (κ1) is 10.8. The number of allylic oxidation sites excluding steroid dienone is 2. The van der Waals surface area contributed by atoms with Gasteiger partial charge in [0.15, 0.2) is 8.07 Å². The third-order valence-corrected chi connectivity index (χ3v) is 2.38. The van der Waals surface area contributed by atoms with Crippen molar-refractivity contribution in [3.8, 4) is 0 Å². The van der Waals surface area contributed by atoms with Gasteiger partial charge in [-0.15, -0.1) is 0 Å². The molecule has 0 N–H and O–H groups in total. The normalized spacial score (nSPS) is 14.0. The Kier molecular flexibility index (Phi) is 3.43. The van der Waals surface area contributed by atoms with Crippen molar-refractivity contribution in [2.24, 2.45) is 5.41 Å². The first-order chi connectivity index (χ1) is 4.71. The van der Waals surface area contributed by atoms with E-state index in [0.717, 1.165) is 0 Å². The van der Waals surface area contributed by atoms with Crippen LogP contribution in [0, 0.1) is 11.5 Å². The fourth-order valence-corrected chi connectivity index (χ4v) is 1.30. The SMILES string of the molecule is CC(C)(C)/C=C/[CH+][Si](C)(C)C. The van der Waals surface area contributed by atoms with E-state index in [1.165, 1.54) is 0 Å². The van der Waals surface area contributed by atoms with Crippen molar-refractivity contribution in [1.82, 2.24) is 0 Å². The molecule has 0 rings (SSSR count). The van der Waals surface area contributed by atoms with Crippen LogP contribution in [0.1, 0.15) is 20.8 Å². The van der Waals surface area contributed by atoms with Crippen molar-refractivity contribution >= 4 is 8.07 Å². The van der Waals surface area contributed by atoms with E-state index in [2.05, 4.69) is 58.6 Å². The molecule has 0 saturated carbocycles. The minimum Gasteiger partial charge on any atom is -0.0480 e. The maximum atomic E-state index is 2.37. The molecule has 11 heavy (non-hydrogen) atoms. The first-order valence-electron chi connectivity index (χ1n) is 4.24. The molecule has 0 aromatic rings. The molecule has 0 fully saturated rings. The summed E-state index contributed by atoms with van der Waals surface area (Å²) in [5.74, 6) is 0. The zero-order valence-corrected chi connectivity index (χ0v) is 9.73. The van der Waals surface area contributed by atoms with Crippen molar-refractivity contribution in [3.63, 3.8) is 0 Å². The smallest absolute Gasteiger partial charge is 0.0480 e. The number of hydrogen-bond acceptors (Lipinski definition) is 0. The maximum absolute atomic E-state index is 2.37. The lowest BCUT2D eigenvalue weighted by molar-refractivity contribution is 0.544. The van der Waals surface area contributed by atoms with E-state index < -0.39 is 8.07 Å². The van der Waals surface area contributed by atoms with Crippen molar-refractivity contribution in [2.75, 3.05) is 0 Å². The highest BCUT2D eigenvalue weighted by Gasteiger charge is 2.18. The molecule has 0 saturated heterocycles. The second-order valence-corrected chi connectivity index (χ2v) is 10.3. The van der Waals surface area contributed by atoms with Crippen molar-refractivity contribution < 1.29 is 0 Å². The summed E-state index contributed by atoms with van der Waals surface area (Å²) >= 11 is 0. The van der Waals surface area contributed by atoms with Gasteiger partial charge < -0.3 is 0 Å². The molecule has 0 bridgehead atoms. The van der Waals surface area contributed by atoms with Crippen LogP contribution >= 0.6 is 0 Å². The quantitative estimate of drug-likeness (QED) is 0.437. The van der Waals surface area contributed by atoms with Crippen LogP contribution < -0.4 is 0 Å². The van der Waals surface area contributed by atoms with E-state index in [1.807, 2.05) is 0 Å². The summed E-state index contributed by atoms with van der Waals surface area (Å²) in [6.45, 7) is 13.7. The van der Waals surface area contributed by atoms with Gasteiger partial charge in [-0.3, -0.25) is 0 Å². The van der Waals surface area contributed by atoms with Crippen LogP contribution in [0.4, 0.5) is 0 Å². The van der Waals surface area contributed by atoms with Crippen LogP contribution in [0.25, 0.3) is 0 Å². The second-order valence-electron chi connectivity index (χ2n) is 5.26. The van der Waals surface area contributed by atoms with E-state index in [4.69, 9.17) is 0 Å². The van der Waals surface area contributed by atoms with Crippen molar-refractivity contribution in [2.45, 2.75) is 40.4 Å². The summed E-state index contributed by atoms with van der Waals surface area (Å²) in [6.07, 6.45) is 4.50. The van der Waals surface area contributed by atoms with Gasteiger partial charge in [-0.2, -0.15) is 0 Å². The predicted octanol–water partition coefficient (Wildman–Crippen LogP) is 3.67. The minimum absolute atomic E-state index is 0.330. The van der Waals surface area contributed by atoms with Gasteiger partial charge in [-0.05, 0) is 40.4 Å². The lowest BCUT2D eigenvalue weighted by Gasteiger charge is -2.07. The van der Waals surface area contributed by atoms with Crippen LogP contribution in [0.3, 0.4) is 0 Å². The molecule has 1 heteroatoms. The Morgan fingerprint density at radius 1 is 1.09 bits per heavy atom. The lowest BCUT2D eigenvalue weighted by atomic mass is 9.97. The zero-order chi connectivity index (χ0) is 9.12. The van der Waals surface area contributed by atoms with E-state index in [0.29, 0.717) is 5.41 Å². The molecule has 0 aliphatic rings. The van der Waals surface area contributed by atoms with Crippen LogP contribution in [-0.4, -0.2) is 8.07 Å². The molecule has 0 aliphatic heterocycles. The molecule has 0 aliphatic carbocycles. The molecular formula is C10H21Si+. The van der Waals surface area contributed by atoms with Crippen LogP contribution in [0.5, 0.6) is 0 Å². The Morgan fingerprint density at radius 2 is 1.55 bits per heavy atom. The van der Waals surface area contributed by atoms with Gasteiger partial charge in [-0.1, -0.05) is 0 Å². The molecule has 0 unspecified atom stereocenters. The highest BCUT2D eigenvalue weighted by atomic mass is 28.3. The van der Waals surface area contributed by atoms with Crippen LogP contribution in [0.2, 0.25) is 19.6 Å². The minimum atomic E-state index is -0.969. The van der Waals surface area contributed by atoms with E-state index in [1.54, 1.807) is 0 Å². The largest absolute Gasteiger partial charge is 0.168 e. The molecule has 0 atom stereocenters. The van der Waals surface area contributed by atoms with Crippen LogP contribution in [0.15, 0.2) is 12.2 Å². The summed E-state index contributed by atoms with van der Waals surface area (Å²) in [4.78, 5) is 0. The summed E-state index contributed by atoms with van der Waals surface area (Å²) in [6, 6.07) is 2.37. The van der Waals surface area contributed by atoms with Crippen molar-refractivity contribution in [3.05, 3.63) is 18.2 Å². The highest BCUT2D eigenvalue weighted by molar-refractivity contribution is 6.80. The molecule has 0 amide bonds. The van der Waals surface area contributed by atoms with E-state index in [9.17, 15) is 0 Å². The van der Waals surface area contributed by atoms with Gasteiger partial charge in [0.2, 0.25) is 0 Å². The molecule has 0 nitrogen and oxygen atoms in total. The van der Waals surface area contributed by atoms with E-state index >= 15 is 0 Å². The van der Waals surface area contributed by atoms with Gasteiger partial charge in [0.25, 0.3) is 0 Å². The maximum Gasteiger partial charge on any atom is 0.168 e. The topological polar surface area (TPSA) is 0 Å². The Balaban J connectivity index is 3.80. The first-order valence-corrected chi connectivity index (χ1v) is 7.82. The molecule has 64 valence electrons. The zero-order valence-electron chi connectivity index (χ0n) is 8.73. The average molecular weight is 169 g/mol. The van der Waals surface area contributed by atoms with Crippen molar-refractivity contribution in [1.29, 1.82) is 0 Å². The summed E-state index contributed by atoms with van der Waals surface area (Å²) in [7, 11) is -0.969. The molecule has 0 aromatic carbocycles. The van der Waals surface area contributed by atoms with Gasteiger partial charge >= 0.3 is 0 Å². The third kappa shape index (κ3) is 9.83. The van der Waals surface area contributed by atoms with Gasteiger partial charge in [-0.25, -0.2) is 0 Å². The fourth-order valence-electron chi connectivity index (χ4n) is 0.625. The monoisotopic (exact) mass is 169 g/mol. The Bertz CT molecular complexity index is 132. The van der Waals surface area contributed by atoms with E-state index in [-0.39, 0.29) is 0 Å². The highest BCUT2D eigenvalue weighted by Crippen LogP contribution is 2.16. The molecule has 0 heterocycles. The van der Waals surface area contributed by atoms with Gasteiger partial charge in [0.1, 0.15) is 0 Å². The Hall–Kier alpha value is -0.173. The Morgan fingerprint density at radius 3 is 1.82 bits per heavy atom. The summed E-state index contributed by atoms with van der Waals surface area (Å²) in [5.41, 5.74) is 0.330. The standard InChI is InChI=1S/C10H21Si/c1-10(2,3)8-7-9-11(4,5)6/h7-9H,1-6H3/q+1/b8-7+. The van der Waals surface area contributed by atoms with Gasteiger partial charge in [0, 0.05) is 17.5 Å². The third-order valence-electron chi connectivity index (χ3n) is 1.19. The lowest BCUT2D eigenvalue weighted by Crippen LogP contribution is -2.19. The van der Waals surface area contributed by atoms with Crippen LogP contribution in [-0.2, 0) is 0 Å². The number of hydrogen-bond donors (Lipinski definition) is 0. The molecule has 0 aromatic heterocycles. The Labute approximate surface area is 72.7 Å². The van der Waals surface area contributed by atoms with Gasteiger partial charge in [0.05, 0.1) is 6.08 Å². The molecular weight excluding hydrogens is 148 g/mol. The molecule has 0 spiro atoms. The fraction of sp³-hybridized carbons (Fsp3) is 0.700.